The monoisotopic (exact) mass is 163 g/mol. The summed E-state index contributed by atoms with van der Waals surface area (Å²) >= 11 is 0. The van der Waals surface area contributed by atoms with Gasteiger partial charge in [-0.15, -0.1) is 0 Å². The molecule has 0 amide bonds. The van der Waals surface area contributed by atoms with Crippen LogP contribution in [0, 0.1) is 6.92 Å². The Bertz CT molecular complexity index is 351. The highest BCUT2D eigenvalue weighted by atomic mass is 15.2. The molecule has 0 radical (unpaired) electrons. The molecule has 0 atom stereocenters. The Balaban J connectivity index is 0.000000336. The molecule has 0 saturated heterocycles. The molecule has 2 aromatic rings. The van der Waals surface area contributed by atoms with Crippen LogP contribution in [0.3, 0.4) is 0 Å². The van der Waals surface area contributed by atoms with Gasteiger partial charge in [0, 0.05) is 0 Å². The fourth-order valence-corrected chi connectivity index (χ4v) is 0.913. The molecule has 3 nitrogen and oxygen atoms in total. The van der Waals surface area contributed by atoms with Gasteiger partial charge >= 0.3 is 0 Å². The summed E-state index contributed by atoms with van der Waals surface area (Å²) in [5, 5.41) is 4.06. The Labute approximate surface area is 72.1 Å². The highest BCUT2D eigenvalue weighted by Crippen LogP contribution is 1.99. The van der Waals surface area contributed by atoms with E-state index < -0.39 is 0 Å². The zero-order chi connectivity index (χ0) is 8.97. The molecular weight excluding hydrogens is 150 g/mol. The molecule has 64 valence electrons. The third-order valence-corrected chi connectivity index (χ3v) is 1.41. The summed E-state index contributed by atoms with van der Waals surface area (Å²) in [5.41, 5.74) is 2.02. The molecule has 2 heterocycles. The zero-order valence-corrected chi connectivity index (χ0v) is 7.65. The number of hydrogen-bond acceptors (Lipinski definition) is 2. The van der Waals surface area contributed by atoms with Gasteiger partial charge in [-0.1, -0.05) is 13.8 Å². The summed E-state index contributed by atoms with van der Waals surface area (Å²) in [7, 11) is 0. The molecule has 12 heavy (non-hydrogen) atoms. The van der Waals surface area contributed by atoms with Crippen LogP contribution in [-0.2, 0) is 0 Å². The van der Waals surface area contributed by atoms with Gasteiger partial charge in [0.25, 0.3) is 0 Å². The molecule has 0 bridgehead atoms. The number of aryl methyl sites for hydroxylation is 1. The number of rotatable bonds is 0. The first-order valence-electron chi connectivity index (χ1n) is 4.12. The molecule has 0 N–H and O–H groups in total. The van der Waals surface area contributed by atoms with Crippen molar-refractivity contribution in [3.63, 3.8) is 0 Å². The van der Waals surface area contributed by atoms with Crippen LogP contribution in [0.15, 0.2) is 24.7 Å². The number of hydrogen-bond donors (Lipinski definition) is 0. The summed E-state index contributed by atoms with van der Waals surface area (Å²) in [6.07, 6.45) is 5.47. The van der Waals surface area contributed by atoms with Gasteiger partial charge in [0.2, 0.25) is 0 Å². The number of nitrogens with zero attached hydrogens (tertiary/aromatic N) is 3. The first-order valence-corrected chi connectivity index (χ1v) is 4.12. The summed E-state index contributed by atoms with van der Waals surface area (Å²) in [6.45, 7) is 5.95. The molecule has 0 aromatic carbocycles. The predicted molar refractivity (Wildman–Crippen MR) is 49.1 cm³/mol. The Kier molecular flexibility index (Phi) is 2.80. The average Bonchev–Trinajstić information content (AvgIpc) is 2.54. The molecule has 3 heteroatoms. The van der Waals surface area contributed by atoms with Gasteiger partial charge in [0.05, 0.1) is 29.8 Å². The van der Waals surface area contributed by atoms with E-state index in [1.54, 1.807) is 6.20 Å². The van der Waals surface area contributed by atoms with Crippen molar-refractivity contribution >= 4 is 5.52 Å². The van der Waals surface area contributed by atoms with E-state index in [1.807, 2.05) is 43.7 Å². The van der Waals surface area contributed by atoms with E-state index in [9.17, 15) is 0 Å². The summed E-state index contributed by atoms with van der Waals surface area (Å²) in [6, 6.07) is 1.92. The topological polar surface area (TPSA) is 30.2 Å². The largest absolute Gasteiger partial charge is 0.258 e. The van der Waals surface area contributed by atoms with Crippen LogP contribution in [0.25, 0.3) is 5.52 Å². The predicted octanol–water partition coefficient (Wildman–Crippen LogP) is 2.06. The standard InChI is InChI=1S/C7H7N3.C2H6/c1-6-5-10-7(4-8-6)2-3-9-10;1-2/h2-5H,1H3;1-2H3. The highest BCUT2D eigenvalue weighted by Gasteiger charge is 1.91. The SMILES string of the molecule is CC.Cc1cn2nccc2cn1. The fraction of sp³-hybridized carbons (Fsp3) is 0.333. The molecule has 0 saturated carbocycles. The van der Waals surface area contributed by atoms with E-state index in [-0.39, 0.29) is 0 Å². The van der Waals surface area contributed by atoms with Crippen LogP contribution in [0.2, 0.25) is 0 Å². The average molecular weight is 163 g/mol. The molecule has 0 fully saturated rings. The van der Waals surface area contributed by atoms with Gasteiger partial charge in [0.15, 0.2) is 0 Å². The summed E-state index contributed by atoms with van der Waals surface area (Å²) < 4.78 is 1.81. The second-order valence-corrected chi connectivity index (χ2v) is 2.23. The van der Waals surface area contributed by atoms with Crippen LogP contribution >= 0.6 is 0 Å². The van der Waals surface area contributed by atoms with Gasteiger partial charge in [-0.3, -0.25) is 4.98 Å². The van der Waals surface area contributed by atoms with E-state index in [2.05, 4.69) is 10.1 Å². The Morgan fingerprint density at radius 1 is 1.33 bits per heavy atom. The molecule has 0 unspecified atom stereocenters. The van der Waals surface area contributed by atoms with Crippen LogP contribution in [-0.4, -0.2) is 14.6 Å². The lowest BCUT2D eigenvalue weighted by molar-refractivity contribution is 0.928. The maximum atomic E-state index is 4.12. The zero-order valence-electron chi connectivity index (χ0n) is 7.65. The Hall–Kier alpha value is -1.38. The maximum Gasteiger partial charge on any atom is 0.0845 e. The first kappa shape index (κ1) is 8.71. The normalized spacial score (nSPS) is 9.25. The van der Waals surface area contributed by atoms with Crippen molar-refractivity contribution in [2.45, 2.75) is 20.8 Å². The van der Waals surface area contributed by atoms with Gasteiger partial charge in [-0.05, 0) is 13.0 Å². The van der Waals surface area contributed by atoms with Gasteiger partial charge in [-0.25, -0.2) is 4.52 Å². The molecule has 0 aliphatic rings. The van der Waals surface area contributed by atoms with Gasteiger partial charge in [0.1, 0.15) is 0 Å². The van der Waals surface area contributed by atoms with E-state index in [0.717, 1.165) is 11.2 Å². The lowest BCUT2D eigenvalue weighted by atomic mass is 10.5. The number of fused-ring (bicyclic) bond motifs is 1. The fourth-order valence-electron chi connectivity index (χ4n) is 0.913. The summed E-state index contributed by atoms with van der Waals surface area (Å²) in [4.78, 5) is 4.12. The van der Waals surface area contributed by atoms with Crippen molar-refractivity contribution in [3.8, 4) is 0 Å². The smallest absolute Gasteiger partial charge is 0.0845 e. The molecule has 0 spiro atoms. The molecule has 0 aliphatic heterocycles. The second-order valence-electron chi connectivity index (χ2n) is 2.23. The van der Waals surface area contributed by atoms with E-state index in [0.29, 0.717) is 0 Å². The van der Waals surface area contributed by atoms with E-state index in [1.165, 1.54) is 0 Å². The highest BCUT2D eigenvalue weighted by molar-refractivity contribution is 5.42. The summed E-state index contributed by atoms with van der Waals surface area (Å²) in [5.74, 6) is 0. The molecule has 2 aromatic heterocycles. The van der Waals surface area contributed by atoms with Gasteiger partial charge in [-0.2, -0.15) is 5.10 Å². The first-order chi connectivity index (χ1) is 5.86. The van der Waals surface area contributed by atoms with Gasteiger partial charge < -0.3 is 0 Å². The van der Waals surface area contributed by atoms with Crippen molar-refractivity contribution in [1.29, 1.82) is 0 Å². The van der Waals surface area contributed by atoms with Crippen LogP contribution in [0.4, 0.5) is 0 Å². The van der Waals surface area contributed by atoms with E-state index in [4.69, 9.17) is 0 Å². The maximum absolute atomic E-state index is 4.12. The van der Waals surface area contributed by atoms with Crippen LogP contribution in [0.1, 0.15) is 19.5 Å². The third-order valence-electron chi connectivity index (χ3n) is 1.41. The van der Waals surface area contributed by atoms with Crippen molar-refractivity contribution in [2.75, 3.05) is 0 Å². The number of aromatic nitrogens is 3. The van der Waals surface area contributed by atoms with Crippen molar-refractivity contribution < 1.29 is 0 Å². The van der Waals surface area contributed by atoms with Crippen molar-refractivity contribution in [2.24, 2.45) is 0 Å². The lowest BCUT2D eigenvalue weighted by Crippen LogP contribution is -1.89. The molecule has 0 aliphatic carbocycles. The molecule has 2 rings (SSSR count). The van der Waals surface area contributed by atoms with Crippen LogP contribution < -0.4 is 0 Å². The van der Waals surface area contributed by atoms with E-state index >= 15 is 0 Å². The van der Waals surface area contributed by atoms with Crippen molar-refractivity contribution in [1.82, 2.24) is 14.6 Å². The minimum absolute atomic E-state index is 0.983. The minimum Gasteiger partial charge on any atom is -0.258 e. The second kappa shape index (κ2) is 3.85. The quantitative estimate of drug-likeness (QED) is 0.595. The Morgan fingerprint density at radius 2 is 2.08 bits per heavy atom. The lowest BCUT2D eigenvalue weighted by Gasteiger charge is -1.92. The molecular formula is C9H13N3. The third kappa shape index (κ3) is 1.61. The Morgan fingerprint density at radius 3 is 2.83 bits per heavy atom. The minimum atomic E-state index is 0.983. The van der Waals surface area contributed by atoms with Crippen molar-refractivity contribution in [3.05, 3.63) is 30.4 Å². The van der Waals surface area contributed by atoms with Crippen LogP contribution in [0.5, 0.6) is 0 Å².